The zero-order valence-electron chi connectivity index (χ0n) is 8.10. The summed E-state index contributed by atoms with van der Waals surface area (Å²) in [7, 11) is 0. The van der Waals surface area contributed by atoms with Crippen molar-refractivity contribution in [2.75, 3.05) is 0 Å². The molecule has 0 aliphatic heterocycles. The van der Waals surface area contributed by atoms with Gasteiger partial charge in [-0.1, -0.05) is 17.7 Å². The quantitative estimate of drug-likeness (QED) is 0.829. The van der Waals surface area contributed by atoms with Crippen molar-refractivity contribution in [2.45, 2.75) is 6.18 Å². The van der Waals surface area contributed by atoms with Gasteiger partial charge < -0.3 is 4.98 Å². The van der Waals surface area contributed by atoms with Gasteiger partial charge in [0, 0.05) is 0 Å². The summed E-state index contributed by atoms with van der Waals surface area (Å²) in [5, 5.41) is 9.99. The zero-order valence-corrected chi connectivity index (χ0v) is 9.67. The summed E-state index contributed by atoms with van der Waals surface area (Å²) in [6, 6.07) is 4.99. The maximum Gasteiger partial charge on any atom is 0.432 e. The van der Waals surface area contributed by atoms with Gasteiger partial charge in [0.15, 0.2) is 0 Å². The molecule has 0 aliphatic carbocycles. The molecule has 0 fully saturated rings. The van der Waals surface area contributed by atoms with Gasteiger partial charge in [0.1, 0.15) is 11.8 Å². The van der Waals surface area contributed by atoms with Gasteiger partial charge in [-0.2, -0.15) is 18.4 Å². The van der Waals surface area contributed by atoms with Crippen molar-refractivity contribution in [1.82, 2.24) is 4.98 Å². The molecule has 2 heterocycles. The van der Waals surface area contributed by atoms with Crippen LogP contribution in [0.15, 0.2) is 17.5 Å². The lowest BCUT2D eigenvalue weighted by Crippen LogP contribution is -2.05. The molecule has 0 aromatic carbocycles. The van der Waals surface area contributed by atoms with Crippen LogP contribution in [0.25, 0.3) is 10.6 Å². The number of hydrogen-bond acceptors (Lipinski definition) is 2. The fourth-order valence-corrected chi connectivity index (χ4v) is 2.41. The van der Waals surface area contributed by atoms with Crippen LogP contribution in [-0.2, 0) is 6.18 Å². The fourth-order valence-electron chi connectivity index (χ4n) is 1.38. The van der Waals surface area contributed by atoms with E-state index in [4.69, 9.17) is 16.9 Å². The second kappa shape index (κ2) is 4.09. The molecule has 0 spiro atoms. The lowest BCUT2D eigenvalue weighted by molar-refractivity contribution is -0.140. The predicted octanol–water partition coefficient (Wildman–Crippen LogP) is 4.29. The van der Waals surface area contributed by atoms with Crippen LogP contribution in [0.4, 0.5) is 13.2 Å². The topological polar surface area (TPSA) is 39.6 Å². The predicted molar refractivity (Wildman–Crippen MR) is 58.8 cm³/mol. The number of nitrogens with one attached hydrogen (secondary N) is 1. The zero-order chi connectivity index (χ0) is 12.6. The first kappa shape index (κ1) is 12.0. The first-order valence-electron chi connectivity index (χ1n) is 4.37. The molecule has 0 aliphatic rings. The summed E-state index contributed by atoms with van der Waals surface area (Å²) in [6.07, 6.45) is -4.60. The Labute approximate surface area is 103 Å². The number of H-pyrrole nitrogens is 1. The molecule has 2 nitrogen and oxygen atoms in total. The normalized spacial score (nSPS) is 11.5. The van der Waals surface area contributed by atoms with E-state index >= 15 is 0 Å². The molecule has 0 unspecified atom stereocenters. The number of thiophene rings is 1. The van der Waals surface area contributed by atoms with Crippen LogP contribution in [0.2, 0.25) is 5.02 Å². The maximum absolute atomic E-state index is 12.6. The van der Waals surface area contributed by atoms with Crippen LogP contribution in [0.5, 0.6) is 0 Å². The highest BCUT2D eigenvalue weighted by Crippen LogP contribution is 2.40. The highest BCUT2D eigenvalue weighted by atomic mass is 35.5. The monoisotopic (exact) mass is 276 g/mol. The molecular weight excluding hydrogens is 273 g/mol. The van der Waals surface area contributed by atoms with Gasteiger partial charge in [-0.25, -0.2) is 0 Å². The minimum Gasteiger partial charge on any atom is -0.348 e. The summed E-state index contributed by atoms with van der Waals surface area (Å²) in [6.45, 7) is 0. The van der Waals surface area contributed by atoms with E-state index in [-0.39, 0.29) is 11.3 Å². The number of aromatic amines is 1. The minimum absolute atomic E-state index is 0.111. The van der Waals surface area contributed by atoms with E-state index in [0.717, 1.165) is 0 Å². The van der Waals surface area contributed by atoms with Crippen molar-refractivity contribution in [1.29, 1.82) is 5.26 Å². The SMILES string of the molecule is N#Cc1c(-c2cccs2)[nH]c(C(F)(F)F)c1Cl. The highest BCUT2D eigenvalue weighted by Gasteiger charge is 2.37. The van der Waals surface area contributed by atoms with Crippen molar-refractivity contribution in [2.24, 2.45) is 0 Å². The summed E-state index contributed by atoms with van der Waals surface area (Å²) in [5.41, 5.74) is -1.15. The van der Waals surface area contributed by atoms with E-state index in [1.54, 1.807) is 23.6 Å². The van der Waals surface area contributed by atoms with Crippen LogP contribution in [0.3, 0.4) is 0 Å². The van der Waals surface area contributed by atoms with Gasteiger partial charge in [-0.15, -0.1) is 11.3 Å². The number of aromatic nitrogens is 1. The Balaban J connectivity index is 2.67. The number of halogens is 4. The lowest BCUT2D eigenvalue weighted by Gasteiger charge is -2.03. The molecule has 17 heavy (non-hydrogen) atoms. The van der Waals surface area contributed by atoms with E-state index in [0.29, 0.717) is 4.88 Å². The third-order valence-corrected chi connectivity index (χ3v) is 3.37. The Morgan fingerprint density at radius 3 is 2.59 bits per heavy atom. The average molecular weight is 277 g/mol. The molecule has 2 rings (SSSR count). The van der Waals surface area contributed by atoms with Crippen LogP contribution in [-0.4, -0.2) is 4.98 Å². The van der Waals surface area contributed by atoms with Gasteiger partial charge in [0.05, 0.1) is 21.2 Å². The van der Waals surface area contributed by atoms with E-state index in [2.05, 4.69) is 4.98 Å². The van der Waals surface area contributed by atoms with Gasteiger partial charge in [0.2, 0.25) is 0 Å². The largest absolute Gasteiger partial charge is 0.432 e. The average Bonchev–Trinajstić information content (AvgIpc) is 2.82. The van der Waals surface area contributed by atoms with E-state index in [1.807, 2.05) is 0 Å². The van der Waals surface area contributed by atoms with Crippen molar-refractivity contribution < 1.29 is 13.2 Å². The summed E-state index contributed by atoms with van der Waals surface area (Å²) < 4.78 is 37.8. The summed E-state index contributed by atoms with van der Waals surface area (Å²) >= 11 is 6.79. The van der Waals surface area contributed by atoms with Crippen molar-refractivity contribution in [3.8, 4) is 16.6 Å². The van der Waals surface area contributed by atoms with Crippen molar-refractivity contribution >= 4 is 22.9 Å². The number of hydrogen-bond donors (Lipinski definition) is 1. The standard InChI is InChI=1S/C10H4ClF3N2S/c11-7-5(4-15)8(6-2-1-3-17-6)16-9(7)10(12,13)14/h1-3,16H. The third-order valence-electron chi connectivity index (χ3n) is 2.10. The molecule has 0 amide bonds. The van der Waals surface area contributed by atoms with Gasteiger partial charge >= 0.3 is 6.18 Å². The Bertz CT molecular complexity index is 578. The number of alkyl halides is 3. The number of nitriles is 1. The summed E-state index contributed by atoms with van der Waals surface area (Å²) in [5.74, 6) is 0. The first-order valence-corrected chi connectivity index (χ1v) is 5.63. The summed E-state index contributed by atoms with van der Waals surface area (Å²) in [4.78, 5) is 2.72. The second-order valence-corrected chi connectivity index (χ2v) is 4.48. The molecule has 2 aromatic heterocycles. The number of nitrogens with zero attached hydrogens (tertiary/aromatic N) is 1. The Morgan fingerprint density at radius 1 is 1.41 bits per heavy atom. The second-order valence-electron chi connectivity index (χ2n) is 3.15. The molecule has 1 N–H and O–H groups in total. The van der Waals surface area contributed by atoms with Crippen molar-refractivity contribution in [3.05, 3.63) is 33.8 Å². The first-order chi connectivity index (χ1) is 7.95. The molecule has 0 atom stereocenters. The minimum atomic E-state index is -4.60. The van der Waals surface area contributed by atoms with Gasteiger partial charge in [-0.3, -0.25) is 0 Å². The molecule has 0 radical (unpaired) electrons. The molecular formula is C10H4ClF3N2S. The Hall–Kier alpha value is -1.45. The molecule has 7 heteroatoms. The van der Waals surface area contributed by atoms with Gasteiger partial charge in [0.25, 0.3) is 0 Å². The highest BCUT2D eigenvalue weighted by molar-refractivity contribution is 7.13. The Kier molecular flexibility index (Phi) is 2.89. The molecule has 0 saturated heterocycles. The van der Waals surface area contributed by atoms with Crippen LogP contribution >= 0.6 is 22.9 Å². The smallest absolute Gasteiger partial charge is 0.348 e. The maximum atomic E-state index is 12.6. The third kappa shape index (κ3) is 2.04. The lowest BCUT2D eigenvalue weighted by atomic mass is 10.2. The van der Waals surface area contributed by atoms with E-state index < -0.39 is 16.9 Å². The molecule has 0 saturated carbocycles. The van der Waals surface area contributed by atoms with Crippen molar-refractivity contribution in [3.63, 3.8) is 0 Å². The molecule has 88 valence electrons. The van der Waals surface area contributed by atoms with E-state index in [1.165, 1.54) is 11.3 Å². The van der Waals surface area contributed by atoms with Crippen LogP contribution in [0.1, 0.15) is 11.3 Å². The van der Waals surface area contributed by atoms with Crippen LogP contribution < -0.4 is 0 Å². The molecule has 2 aromatic rings. The van der Waals surface area contributed by atoms with Gasteiger partial charge in [-0.05, 0) is 11.4 Å². The molecule has 0 bridgehead atoms. The van der Waals surface area contributed by atoms with E-state index in [9.17, 15) is 13.2 Å². The van der Waals surface area contributed by atoms with Crippen LogP contribution in [0, 0.1) is 11.3 Å². The number of rotatable bonds is 1. The fraction of sp³-hybridized carbons (Fsp3) is 0.100. The Morgan fingerprint density at radius 2 is 2.12 bits per heavy atom.